The molecule has 9 nitrogen and oxygen atoms in total. The Bertz CT molecular complexity index is 1130. The summed E-state index contributed by atoms with van der Waals surface area (Å²) in [6.45, 7) is 17.6. The van der Waals surface area contributed by atoms with Gasteiger partial charge in [-0.3, -0.25) is 14.4 Å². The molecule has 4 rings (SSSR count). The normalized spacial score (nSPS) is 29.0. The molecule has 41 heavy (non-hydrogen) atoms. The van der Waals surface area contributed by atoms with Gasteiger partial charge >= 0.3 is 5.97 Å². The quantitative estimate of drug-likeness (QED) is 0.285. The Kier molecular flexibility index (Phi) is 9.19. The van der Waals surface area contributed by atoms with Gasteiger partial charge in [-0.05, 0) is 77.1 Å². The number of nitrogens with zero attached hydrogens (tertiary/aromatic N) is 3. The second-order valence-electron chi connectivity index (χ2n) is 12.1. The van der Waals surface area contributed by atoms with E-state index in [4.69, 9.17) is 9.47 Å². The number of amides is 2. The van der Waals surface area contributed by atoms with Crippen molar-refractivity contribution in [2.45, 2.75) is 84.1 Å². The molecule has 1 N–H and O–H groups in total. The van der Waals surface area contributed by atoms with E-state index in [1.807, 2.05) is 45.0 Å². The van der Waals surface area contributed by atoms with Crippen LogP contribution in [0.2, 0.25) is 0 Å². The van der Waals surface area contributed by atoms with E-state index in [0.29, 0.717) is 24.9 Å². The largest absolute Gasteiger partial charge is 0.466 e. The van der Waals surface area contributed by atoms with E-state index < -0.39 is 41.1 Å². The summed E-state index contributed by atoms with van der Waals surface area (Å²) in [5.41, 5.74) is -0.353. The maximum absolute atomic E-state index is 14.8. The van der Waals surface area contributed by atoms with E-state index in [0.717, 1.165) is 18.8 Å². The molecule has 3 saturated heterocycles. The van der Waals surface area contributed by atoms with Gasteiger partial charge in [0.05, 0.1) is 30.8 Å². The Balaban J connectivity index is 1.81. The Morgan fingerprint density at radius 3 is 2.34 bits per heavy atom. The van der Waals surface area contributed by atoms with Crippen molar-refractivity contribution < 1.29 is 29.0 Å². The van der Waals surface area contributed by atoms with Crippen LogP contribution in [-0.4, -0.2) is 83.9 Å². The predicted octanol–water partition coefficient (Wildman–Crippen LogP) is 3.79. The molecule has 9 heteroatoms. The van der Waals surface area contributed by atoms with Crippen LogP contribution in [0.4, 0.5) is 11.4 Å². The lowest BCUT2D eigenvalue weighted by molar-refractivity contribution is -0.160. The van der Waals surface area contributed by atoms with Crippen molar-refractivity contribution in [3.8, 4) is 0 Å². The van der Waals surface area contributed by atoms with E-state index in [2.05, 4.69) is 25.3 Å². The minimum Gasteiger partial charge on any atom is -0.466 e. The van der Waals surface area contributed by atoms with Crippen LogP contribution >= 0.6 is 0 Å². The third-order valence-electron chi connectivity index (χ3n) is 9.20. The summed E-state index contributed by atoms with van der Waals surface area (Å²) >= 11 is 0. The number of aliphatic hydroxyl groups excluding tert-OH is 1. The monoisotopic (exact) mass is 569 g/mol. The molecular formula is C32H47N3O6. The van der Waals surface area contributed by atoms with Crippen molar-refractivity contribution in [1.29, 1.82) is 0 Å². The first-order chi connectivity index (χ1) is 19.5. The van der Waals surface area contributed by atoms with Gasteiger partial charge in [-0.1, -0.05) is 19.9 Å². The highest BCUT2D eigenvalue weighted by atomic mass is 16.6. The molecule has 0 aromatic heterocycles. The topological polar surface area (TPSA) is 99.6 Å². The molecule has 3 aliphatic rings. The summed E-state index contributed by atoms with van der Waals surface area (Å²) in [5.74, 6) is -2.59. The van der Waals surface area contributed by atoms with Crippen LogP contribution in [0.1, 0.15) is 60.8 Å². The first-order valence-corrected chi connectivity index (χ1v) is 15.1. The summed E-state index contributed by atoms with van der Waals surface area (Å²) in [7, 11) is 0. The zero-order valence-electron chi connectivity index (χ0n) is 25.5. The SMILES string of the molecule is C=CCN(C(=O)C1N([C@@H](CO)CC(C)C)C(=O)[C@@H]2[C@@H](C(=O)OCC)[C@@]3(C)CCC12O3)c1ccc(N(CC)CC)cc1. The van der Waals surface area contributed by atoms with E-state index >= 15 is 0 Å². The van der Waals surface area contributed by atoms with E-state index in [-0.39, 0.29) is 37.5 Å². The Morgan fingerprint density at radius 1 is 1.17 bits per heavy atom. The van der Waals surface area contributed by atoms with Gasteiger partial charge in [0.2, 0.25) is 5.91 Å². The molecular weight excluding hydrogens is 522 g/mol. The molecule has 226 valence electrons. The molecule has 0 radical (unpaired) electrons. The lowest BCUT2D eigenvalue weighted by Gasteiger charge is -2.40. The van der Waals surface area contributed by atoms with Crippen LogP contribution in [0.15, 0.2) is 36.9 Å². The van der Waals surface area contributed by atoms with Crippen LogP contribution in [0.5, 0.6) is 0 Å². The summed E-state index contributed by atoms with van der Waals surface area (Å²) in [5, 5.41) is 10.5. The van der Waals surface area contributed by atoms with Gasteiger partial charge in [0.15, 0.2) is 0 Å². The highest BCUT2D eigenvalue weighted by molar-refractivity contribution is 6.05. The van der Waals surface area contributed by atoms with E-state index in [1.54, 1.807) is 22.8 Å². The lowest BCUT2D eigenvalue weighted by atomic mass is 9.66. The number of carbonyl (C=O) groups is 3. The number of likely N-dealkylation sites (tertiary alicyclic amines) is 1. The maximum Gasteiger partial charge on any atom is 0.312 e. The zero-order valence-corrected chi connectivity index (χ0v) is 25.5. The number of rotatable bonds is 13. The Morgan fingerprint density at radius 2 is 1.80 bits per heavy atom. The van der Waals surface area contributed by atoms with Gasteiger partial charge in [0.25, 0.3) is 5.91 Å². The highest BCUT2D eigenvalue weighted by Gasteiger charge is 2.79. The second-order valence-corrected chi connectivity index (χ2v) is 12.1. The number of benzene rings is 1. The zero-order chi connectivity index (χ0) is 30.1. The second kappa shape index (κ2) is 12.1. The van der Waals surface area contributed by atoms with Crippen molar-refractivity contribution in [2.24, 2.45) is 17.8 Å². The van der Waals surface area contributed by atoms with Crippen molar-refractivity contribution in [1.82, 2.24) is 4.90 Å². The molecule has 0 saturated carbocycles. The average Bonchev–Trinajstić information content (AvgIpc) is 3.52. The molecule has 3 heterocycles. The first-order valence-electron chi connectivity index (χ1n) is 15.1. The number of hydrogen-bond acceptors (Lipinski definition) is 7. The third kappa shape index (κ3) is 5.16. The summed E-state index contributed by atoms with van der Waals surface area (Å²) < 4.78 is 12.1. The van der Waals surface area contributed by atoms with Gasteiger partial charge in [-0.25, -0.2) is 0 Å². The van der Waals surface area contributed by atoms with Crippen LogP contribution < -0.4 is 9.80 Å². The van der Waals surface area contributed by atoms with Crippen molar-refractivity contribution in [3.63, 3.8) is 0 Å². The molecule has 6 atom stereocenters. The molecule has 1 aromatic carbocycles. The fourth-order valence-electron chi connectivity index (χ4n) is 7.48. The lowest BCUT2D eigenvalue weighted by Crippen LogP contribution is -2.59. The van der Waals surface area contributed by atoms with Gasteiger partial charge in [-0.2, -0.15) is 0 Å². The maximum atomic E-state index is 14.8. The average molecular weight is 570 g/mol. The number of carbonyl (C=O) groups excluding carboxylic acids is 3. The molecule has 2 unspecified atom stereocenters. The van der Waals surface area contributed by atoms with Gasteiger partial charge in [0.1, 0.15) is 17.6 Å². The number of ether oxygens (including phenoxy) is 2. The summed E-state index contributed by atoms with van der Waals surface area (Å²) in [6.07, 6.45) is 3.17. The van der Waals surface area contributed by atoms with E-state index in [9.17, 15) is 19.5 Å². The predicted molar refractivity (Wildman–Crippen MR) is 159 cm³/mol. The molecule has 3 aliphatic heterocycles. The van der Waals surface area contributed by atoms with Crippen LogP contribution in [0.3, 0.4) is 0 Å². The van der Waals surface area contributed by atoms with Crippen LogP contribution in [-0.2, 0) is 23.9 Å². The van der Waals surface area contributed by atoms with Crippen molar-refractivity contribution in [3.05, 3.63) is 36.9 Å². The van der Waals surface area contributed by atoms with Crippen molar-refractivity contribution in [2.75, 3.05) is 42.6 Å². The van der Waals surface area contributed by atoms with Crippen LogP contribution in [0.25, 0.3) is 0 Å². The highest BCUT2D eigenvalue weighted by Crippen LogP contribution is 2.64. The number of hydrogen-bond donors (Lipinski definition) is 1. The van der Waals surface area contributed by atoms with Crippen LogP contribution in [0, 0.1) is 17.8 Å². The number of esters is 1. The first kappa shape index (κ1) is 31.0. The molecule has 0 aliphatic carbocycles. The standard InChI is InChI=1S/C32H47N3O6/c1-8-18-34(23-14-12-22(13-15-23)33(9-2)10-3)29(38)27-32-17-16-31(7,41-32)26(30(39)40-11-4)25(32)28(37)35(27)24(20-36)19-21(5)6/h8,12-15,21,24-27,36H,1,9-11,16-20H2,2-7H3/t24-,25+,26+,27?,31-,32?/m1/s1. The number of fused-ring (bicyclic) bond motifs is 1. The van der Waals surface area contributed by atoms with Gasteiger partial charge in [-0.15, -0.1) is 6.58 Å². The molecule has 2 amide bonds. The summed E-state index contributed by atoms with van der Waals surface area (Å²) in [4.78, 5) is 47.8. The van der Waals surface area contributed by atoms with Gasteiger partial charge < -0.3 is 29.3 Å². The molecule has 1 spiro atoms. The number of anilines is 2. The molecule has 2 bridgehead atoms. The Hall–Kier alpha value is -2.91. The smallest absolute Gasteiger partial charge is 0.312 e. The van der Waals surface area contributed by atoms with Crippen molar-refractivity contribution >= 4 is 29.2 Å². The molecule has 3 fully saturated rings. The van der Waals surface area contributed by atoms with E-state index in [1.165, 1.54) is 0 Å². The Labute approximate surface area is 244 Å². The number of aliphatic hydroxyl groups is 1. The fraction of sp³-hybridized carbons (Fsp3) is 0.656. The fourth-order valence-corrected chi connectivity index (χ4v) is 7.48. The summed E-state index contributed by atoms with van der Waals surface area (Å²) in [6, 6.07) is 6.23. The minimum atomic E-state index is -1.19. The third-order valence-corrected chi connectivity index (χ3v) is 9.20. The minimum absolute atomic E-state index is 0.168. The van der Waals surface area contributed by atoms with Gasteiger partial charge in [0, 0.05) is 31.0 Å². The molecule has 1 aromatic rings.